The van der Waals surface area contributed by atoms with Crippen molar-refractivity contribution in [1.82, 2.24) is 0 Å². The van der Waals surface area contributed by atoms with Crippen molar-refractivity contribution in [3.05, 3.63) is 12.7 Å². The van der Waals surface area contributed by atoms with Crippen LogP contribution >= 0.6 is 0 Å². The topological polar surface area (TPSA) is 76.0 Å². The van der Waals surface area contributed by atoms with Crippen LogP contribution in [0.3, 0.4) is 0 Å². The highest BCUT2D eigenvalue weighted by molar-refractivity contribution is 5.80. The van der Waals surface area contributed by atoms with Crippen LogP contribution in [-0.4, -0.2) is 35.5 Å². The largest absolute Gasteiger partial charge is 0.393 e. The van der Waals surface area contributed by atoms with E-state index in [1.807, 2.05) is 0 Å². The van der Waals surface area contributed by atoms with E-state index in [-0.39, 0.29) is 0 Å². The van der Waals surface area contributed by atoms with Gasteiger partial charge >= 0.3 is 5.97 Å². The zero-order valence-electron chi connectivity index (χ0n) is 5.90. The van der Waals surface area contributed by atoms with Crippen molar-refractivity contribution in [2.75, 3.05) is 13.2 Å². The summed E-state index contributed by atoms with van der Waals surface area (Å²) in [6, 6.07) is 0. The molecule has 0 aliphatic carbocycles. The van der Waals surface area contributed by atoms with Crippen LogP contribution in [0.4, 0.5) is 0 Å². The molecule has 0 spiro atoms. The molecule has 0 aromatic rings. The SMILES string of the molecule is C=CC(=O)OOC(CO)CO. The highest BCUT2D eigenvalue weighted by Crippen LogP contribution is 1.91. The highest BCUT2D eigenvalue weighted by Gasteiger charge is 2.08. The molecule has 0 bridgehead atoms. The van der Waals surface area contributed by atoms with Gasteiger partial charge in [0.1, 0.15) is 0 Å². The lowest BCUT2D eigenvalue weighted by Gasteiger charge is -2.08. The van der Waals surface area contributed by atoms with Crippen LogP contribution < -0.4 is 0 Å². The third kappa shape index (κ3) is 4.49. The molecule has 64 valence electrons. The van der Waals surface area contributed by atoms with Crippen LogP contribution in [0.5, 0.6) is 0 Å². The maximum Gasteiger partial charge on any atom is 0.365 e. The first-order valence-corrected chi connectivity index (χ1v) is 2.96. The van der Waals surface area contributed by atoms with Crippen LogP contribution in [0, 0.1) is 0 Å². The predicted octanol–water partition coefficient (Wildman–Crippen LogP) is -1.000. The molecular weight excluding hydrogens is 152 g/mol. The fourth-order valence-corrected chi connectivity index (χ4v) is 0.268. The van der Waals surface area contributed by atoms with Crippen molar-refractivity contribution in [2.24, 2.45) is 0 Å². The average Bonchev–Trinajstić information content (AvgIpc) is 2.06. The van der Waals surface area contributed by atoms with Gasteiger partial charge in [-0.05, 0) is 0 Å². The summed E-state index contributed by atoms with van der Waals surface area (Å²) in [5.74, 6) is -0.767. The van der Waals surface area contributed by atoms with E-state index in [0.717, 1.165) is 6.08 Å². The lowest BCUT2D eigenvalue weighted by atomic mass is 10.4. The molecule has 0 atom stereocenters. The first kappa shape index (κ1) is 10.1. The number of rotatable bonds is 5. The molecule has 0 aromatic heterocycles. The summed E-state index contributed by atoms with van der Waals surface area (Å²) in [4.78, 5) is 18.6. The molecule has 5 nitrogen and oxygen atoms in total. The highest BCUT2D eigenvalue weighted by atomic mass is 17.2. The molecule has 0 aliphatic heterocycles. The fourth-order valence-electron chi connectivity index (χ4n) is 0.268. The van der Waals surface area contributed by atoms with Crippen LogP contribution in [0.2, 0.25) is 0 Å². The summed E-state index contributed by atoms with van der Waals surface area (Å²) in [5.41, 5.74) is 0. The van der Waals surface area contributed by atoms with E-state index >= 15 is 0 Å². The van der Waals surface area contributed by atoms with Gasteiger partial charge in [-0.3, -0.25) is 4.89 Å². The summed E-state index contributed by atoms with van der Waals surface area (Å²) in [6.07, 6.45) is 0.0186. The van der Waals surface area contributed by atoms with Gasteiger partial charge in [-0.25, -0.2) is 4.79 Å². The van der Waals surface area contributed by atoms with E-state index in [9.17, 15) is 4.79 Å². The molecule has 5 heteroatoms. The molecule has 0 aliphatic rings. The molecule has 0 saturated carbocycles. The number of hydrogen-bond acceptors (Lipinski definition) is 5. The summed E-state index contributed by atoms with van der Waals surface area (Å²) < 4.78 is 0. The molecule has 0 unspecified atom stereocenters. The Bertz CT molecular complexity index is 129. The van der Waals surface area contributed by atoms with Gasteiger partial charge in [0, 0.05) is 6.08 Å². The molecule has 0 aromatic carbocycles. The van der Waals surface area contributed by atoms with Gasteiger partial charge in [0.05, 0.1) is 13.2 Å². The van der Waals surface area contributed by atoms with Gasteiger partial charge in [0.15, 0.2) is 6.10 Å². The van der Waals surface area contributed by atoms with Gasteiger partial charge in [0.2, 0.25) is 0 Å². The Kier molecular flexibility index (Phi) is 5.36. The number of carbonyl (C=O) groups is 1. The van der Waals surface area contributed by atoms with E-state index < -0.39 is 25.3 Å². The second-order valence-electron chi connectivity index (χ2n) is 1.69. The van der Waals surface area contributed by atoms with E-state index in [1.165, 1.54) is 0 Å². The van der Waals surface area contributed by atoms with Crippen molar-refractivity contribution in [3.8, 4) is 0 Å². The maximum atomic E-state index is 10.3. The number of hydrogen-bond donors (Lipinski definition) is 2. The van der Waals surface area contributed by atoms with Gasteiger partial charge < -0.3 is 10.2 Å². The van der Waals surface area contributed by atoms with Crippen LogP contribution in [0.25, 0.3) is 0 Å². The second-order valence-corrected chi connectivity index (χ2v) is 1.69. The third-order valence-corrected chi connectivity index (χ3v) is 0.840. The molecule has 0 heterocycles. The van der Waals surface area contributed by atoms with E-state index in [2.05, 4.69) is 16.4 Å². The molecule has 0 amide bonds. The molecular formula is C6H10O5. The van der Waals surface area contributed by atoms with E-state index in [0.29, 0.717) is 0 Å². The Morgan fingerprint density at radius 3 is 2.45 bits per heavy atom. The van der Waals surface area contributed by atoms with Crippen molar-refractivity contribution < 1.29 is 24.8 Å². The molecule has 0 rings (SSSR count). The van der Waals surface area contributed by atoms with Crippen LogP contribution in [0.1, 0.15) is 0 Å². The summed E-state index contributed by atoms with van der Waals surface area (Å²) in [7, 11) is 0. The molecule has 0 fully saturated rings. The molecule has 0 saturated heterocycles. The van der Waals surface area contributed by atoms with Gasteiger partial charge in [-0.2, -0.15) is 4.89 Å². The Hall–Kier alpha value is -0.910. The van der Waals surface area contributed by atoms with Gasteiger partial charge in [0.25, 0.3) is 0 Å². The Morgan fingerprint density at radius 2 is 2.09 bits per heavy atom. The van der Waals surface area contributed by atoms with Crippen molar-refractivity contribution >= 4 is 5.97 Å². The second kappa shape index (κ2) is 5.84. The number of carbonyl (C=O) groups excluding carboxylic acids is 1. The Morgan fingerprint density at radius 1 is 1.55 bits per heavy atom. The summed E-state index contributed by atoms with van der Waals surface area (Å²) >= 11 is 0. The van der Waals surface area contributed by atoms with Gasteiger partial charge in [-0.15, -0.1) is 0 Å². The van der Waals surface area contributed by atoms with E-state index in [1.54, 1.807) is 0 Å². The predicted molar refractivity (Wildman–Crippen MR) is 35.3 cm³/mol. The summed E-state index contributed by atoms with van der Waals surface area (Å²) in [6.45, 7) is 2.28. The van der Waals surface area contributed by atoms with Crippen molar-refractivity contribution in [3.63, 3.8) is 0 Å². The minimum atomic E-state index is -0.890. The molecule has 2 N–H and O–H groups in total. The smallest absolute Gasteiger partial charge is 0.365 e. The fraction of sp³-hybridized carbons (Fsp3) is 0.500. The maximum absolute atomic E-state index is 10.3. The molecule has 11 heavy (non-hydrogen) atoms. The standard InChI is InChI=1S/C6H10O5/c1-2-6(9)11-10-5(3-7)4-8/h2,5,7-8H,1,3-4H2. The van der Waals surface area contributed by atoms with Crippen LogP contribution in [-0.2, 0) is 14.6 Å². The lowest BCUT2D eigenvalue weighted by Crippen LogP contribution is -2.23. The van der Waals surface area contributed by atoms with E-state index in [4.69, 9.17) is 10.2 Å². The number of aliphatic hydroxyl groups is 2. The Balaban J connectivity index is 3.49. The number of aliphatic hydroxyl groups excluding tert-OH is 2. The first-order chi connectivity index (χ1) is 5.24. The minimum absolute atomic E-state index is 0.416. The monoisotopic (exact) mass is 162 g/mol. The van der Waals surface area contributed by atoms with Crippen molar-refractivity contribution in [1.29, 1.82) is 0 Å². The normalized spacial score (nSPS) is 9.73. The zero-order valence-corrected chi connectivity index (χ0v) is 5.90. The third-order valence-electron chi connectivity index (χ3n) is 0.840. The zero-order chi connectivity index (χ0) is 8.69. The minimum Gasteiger partial charge on any atom is -0.393 e. The van der Waals surface area contributed by atoms with Gasteiger partial charge in [-0.1, -0.05) is 6.58 Å². The Labute approximate surface area is 63.8 Å². The quantitative estimate of drug-likeness (QED) is 0.308. The summed E-state index contributed by atoms with van der Waals surface area (Å²) in [5, 5.41) is 16.8. The lowest BCUT2D eigenvalue weighted by molar-refractivity contribution is -0.302. The first-order valence-electron chi connectivity index (χ1n) is 2.96. The average molecular weight is 162 g/mol. The van der Waals surface area contributed by atoms with Crippen LogP contribution in [0.15, 0.2) is 12.7 Å². The molecule has 0 radical (unpaired) electrons. The van der Waals surface area contributed by atoms with Crippen molar-refractivity contribution in [2.45, 2.75) is 6.10 Å².